The lowest BCUT2D eigenvalue weighted by atomic mass is 10.1. The predicted molar refractivity (Wildman–Crippen MR) is 150 cm³/mol. The Morgan fingerprint density at radius 3 is 2.25 bits per heavy atom. The number of benzene rings is 5. The molecule has 0 aliphatic carbocycles. The summed E-state index contributed by atoms with van der Waals surface area (Å²) in [4.78, 5) is 46.2. The van der Waals surface area contributed by atoms with E-state index >= 15 is 0 Å². The zero-order valence-corrected chi connectivity index (χ0v) is 20.7. The lowest BCUT2D eigenvalue weighted by Gasteiger charge is -2.14. The van der Waals surface area contributed by atoms with Gasteiger partial charge in [0.25, 0.3) is 17.5 Å². The zero-order valence-electron chi connectivity index (χ0n) is 20.7. The van der Waals surface area contributed by atoms with Gasteiger partial charge in [-0.25, -0.2) is 9.88 Å². The molecule has 1 aliphatic rings. The number of ether oxygens (including phenoxy) is 1. The molecule has 9 nitrogen and oxygen atoms in total. The van der Waals surface area contributed by atoms with Crippen LogP contribution in [0.3, 0.4) is 0 Å². The molecule has 9 heteroatoms. The standard InChI is InChI=1S/C31H18N4O5/c36-30-25-13-12-24(40-23-7-3-6-22(16-23)35(38)39)17-26(25)31(37)34(30)21-10-8-18(9-11-21)29-32-27-14-19-4-1-2-5-20(19)15-28(27)33-29/h1-17H,(H,32,33). The first-order chi connectivity index (χ1) is 19.4. The Hall–Kier alpha value is -5.83. The average molecular weight is 527 g/mol. The number of aromatic nitrogens is 2. The highest BCUT2D eigenvalue weighted by Crippen LogP contribution is 2.34. The van der Waals surface area contributed by atoms with Crippen molar-refractivity contribution in [3.63, 3.8) is 0 Å². The number of nitro groups is 1. The highest BCUT2D eigenvalue weighted by Gasteiger charge is 2.37. The van der Waals surface area contributed by atoms with Crippen LogP contribution in [0.2, 0.25) is 0 Å². The maximum Gasteiger partial charge on any atom is 0.273 e. The smallest absolute Gasteiger partial charge is 0.273 e. The molecular weight excluding hydrogens is 508 g/mol. The Morgan fingerprint density at radius 2 is 1.48 bits per heavy atom. The Labute approximate surface area is 226 Å². The molecule has 0 unspecified atom stereocenters. The van der Waals surface area contributed by atoms with Crippen LogP contribution >= 0.6 is 0 Å². The summed E-state index contributed by atoms with van der Waals surface area (Å²) in [6, 6.07) is 29.5. The van der Waals surface area contributed by atoms with E-state index in [1.807, 2.05) is 36.4 Å². The molecule has 2 amide bonds. The van der Waals surface area contributed by atoms with E-state index in [-0.39, 0.29) is 28.3 Å². The number of carbonyl (C=O) groups excluding carboxylic acids is 2. The number of nitro benzene ring substituents is 1. The van der Waals surface area contributed by atoms with Crippen molar-refractivity contribution in [1.29, 1.82) is 0 Å². The second-order valence-corrected chi connectivity index (χ2v) is 9.36. The highest BCUT2D eigenvalue weighted by molar-refractivity contribution is 6.34. The fourth-order valence-corrected chi connectivity index (χ4v) is 4.92. The molecule has 5 aromatic carbocycles. The first-order valence-electron chi connectivity index (χ1n) is 12.4. The minimum absolute atomic E-state index is 0.115. The minimum atomic E-state index is -0.517. The van der Waals surface area contributed by atoms with Gasteiger partial charge >= 0.3 is 0 Å². The van der Waals surface area contributed by atoms with Gasteiger partial charge in [-0.15, -0.1) is 0 Å². The molecular formula is C31H18N4O5. The van der Waals surface area contributed by atoms with Crippen LogP contribution in [0.5, 0.6) is 11.5 Å². The second kappa shape index (κ2) is 8.88. The summed E-state index contributed by atoms with van der Waals surface area (Å²) in [5.74, 6) is 0.298. The monoisotopic (exact) mass is 526 g/mol. The number of nitrogens with zero attached hydrogens (tertiary/aromatic N) is 3. The third-order valence-electron chi connectivity index (χ3n) is 6.87. The van der Waals surface area contributed by atoms with Crippen molar-refractivity contribution in [2.45, 2.75) is 0 Å². The number of fused-ring (bicyclic) bond motifs is 3. The van der Waals surface area contributed by atoms with Crippen LogP contribution in [0.4, 0.5) is 11.4 Å². The number of nitrogens with one attached hydrogen (secondary N) is 1. The largest absolute Gasteiger partial charge is 0.457 e. The molecule has 1 N–H and O–H groups in total. The third kappa shape index (κ3) is 3.84. The molecule has 0 bridgehead atoms. The molecule has 40 heavy (non-hydrogen) atoms. The quantitative estimate of drug-likeness (QED) is 0.149. The number of amides is 2. The lowest BCUT2D eigenvalue weighted by molar-refractivity contribution is -0.384. The molecule has 0 atom stereocenters. The minimum Gasteiger partial charge on any atom is -0.457 e. The first kappa shape index (κ1) is 23.3. The Balaban J connectivity index is 1.15. The van der Waals surface area contributed by atoms with Crippen LogP contribution in [-0.2, 0) is 0 Å². The number of H-pyrrole nitrogens is 1. The number of hydrogen-bond donors (Lipinski definition) is 1. The van der Waals surface area contributed by atoms with Crippen molar-refractivity contribution in [2.24, 2.45) is 0 Å². The summed E-state index contributed by atoms with van der Waals surface area (Å²) < 4.78 is 5.74. The number of imidazole rings is 1. The van der Waals surface area contributed by atoms with Gasteiger partial charge in [-0.2, -0.15) is 0 Å². The van der Waals surface area contributed by atoms with E-state index < -0.39 is 16.7 Å². The molecule has 6 aromatic rings. The van der Waals surface area contributed by atoms with Gasteiger partial charge < -0.3 is 9.72 Å². The van der Waals surface area contributed by atoms with Crippen molar-refractivity contribution in [1.82, 2.24) is 9.97 Å². The summed E-state index contributed by atoms with van der Waals surface area (Å²) in [5, 5.41) is 13.3. The van der Waals surface area contributed by atoms with Gasteiger partial charge in [-0.05, 0) is 71.4 Å². The third-order valence-corrected chi connectivity index (χ3v) is 6.87. The van der Waals surface area contributed by atoms with Crippen LogP contribution in [0.1, 0.15) is 20.7 Å². The van der Waals surface area contributed by atoms with Crippen molar-refractivity contribution in [2.75, 3.05) is 4.90 Å². The number of rotatable bonds is 5. The van der Waals surface area contributed by atoms with Gasteiger partial charge in [0.05, 0.1) is 38.8 Å². The summed E-state index contributed by atoms with van der Waals surface area (Å²) in [6.45, 7) is 0. The Bertz CT molecular complexity index is 1960. The Morgan fingerprint density at radius 1 is 0.750 bits per heavy atom. The van der Waals surface area contributed by atoms with Crippen LogP contribution < -0.4 is 9.64 Å². The molecule has 0 fully saturated rings. The van der Waals surface area contributed by atoms with E-state index in [2.05, 4.69) is 17.1 Å². The normalized spacial score (nSPS) is 12.8. The van der Waals surface area contributed by atoms with Crippen molar-refractivity contribution >= 4 is 45.0 Å². The number of anilines is 1. The topological polar surface area (TPSA) is 118 Å². The molecule has 1 aliphatic heterocycles. The first-order valence-corrected chi connectivity index (χ1v) is 12.4. The molecule has 0 spiro atoms. The van der Waals surface area contributed by atoms with E-state index in [1.165, 1.54) is 30.3 Å². The molecule has 1 aromatic heterocycles. The van der Waals surface area contributed by atoms with Gasteiger partial charge in [0.2, 0.25) is 0 Å². The molecule has 7 rings (SSSR count). The summed E-state index contributed by atoms with van der Waals surface area (Å²) in [5.41, 5.74) is 3.34. The molecule has 0 radical (unpaired) electrons. The molecule has 2 heterocycles. The van der Waals surface area contributed by atoms with E-state index in [0.29, 0.717) is 11.5 Å². The number of non-ortho nitro benzene ring substituents is 1. The van der Waals surface area contributed by atoms with Crippen LogP contribution in [0.15, 0.2) is 103 Å². The van der Waals surface area contributed by atoms with Crippen LogP contribution in [0, 0.1) is 10.1 Å². The number of carbonyl (C=O) groups is 2. The maximum atomic E-state index is 13.3. The SMILES string of the molecule is O=C1c2ccc(Oc3cccc([N+](=O)[O-])c3)cc2C(=O)N1c1ccc(-c2nc3cc4ccccc4cc3[nH]2)cc1. The van der Waals surface area contributed by atoms with Crippen molar-refractivity contribution in [3.8, 4) is 22.9 Å². The highest BCUT2D eigenvalue weighted by atomic mass is 16.6. The molecule has 0 saturated heterocycles. The lowest BCUT2D eigenvalue weighted by Crippen LogP contribution is -2.29. The van der Waals surface area contributed by atoms with Crippen LogP contribution in [0.25, 0.3) is 33.2 Å². The van der Waals surface area contributed by atoms with E-state index in [4.69, 9.17) is 9.72 Å². The number of hydrogen-bond acceptors (Lipinski definition) is 6. The maximum absolute atomic E-state index is 13.3. The van der Waals surface area contributed by atoms with E-state index in [0.717, 1.165) is 32.3 Å². The molecule has 192 valence electrons. The van der Waals surface area contributed by atoms with Crippen molar-refractivity contribution < 1.29 is 19.2 Å². The van der Waals surface area contributed by atoms with Gasteiger partial charge in [-0.3, -0.25) is 19.7 Å². The van der Waals surface area contributed by atoms with Gasteiger partial charge in [0, 0.05) is 11.6 Å². The summed E-state index contributed by atoms with van der Waals surface area (Å²) >= 11 is 0. The van der Waals surface area contributed by atoms with Gasteiger partial charge in [-0.1, -0.05) is 30.3 Å². The Kier molecular flexibility index (Phi) is 5.17. The number of aromatic amines is 1. The van der Waals surface area contributed by atoms with Gasteiger partial charge in [0.15, 0.2) is 0 Å². The second-order valence-electron chi connectivity index (χ2n) is 9.36. The summed E-state index contributed by atoms with van der Waals surface area (Å²) in [7, 11) is 0. The van der Waals surface area contributed by atoms with E-state index in [1.54, 1.807) is 24.3 Å². The predicted octanol–water partition coefficient (Wildman–Crippen LogP) is 6.88. The molecule has 0 saturated carbocycles. The average Bonchev–Trinajstić information content (AvgIpc) is 3.49. The number of imide groups is 1. The van der Waals surface area contributed by atoms with Crippen LogP contribution in [-0.4, -0.2) is 26.7 Å². The summed E-state index contributed by atoms with van der Waals surface area (Å²) in [6.07, 6.45) is 0. The zero-order chi connectivity index (χ0) is 27.4. The van der Waals surface area contributed by atoms with Gasteiger partial charge in [0.1, 0.15) is 17.3 Å². The fourth-order valence-electron chi connectivity index (χ4n) is 4.92. The van der Waals surface area contributed by atoms with E-state index in [9.17, 15) is 19.7 Å². The van der Waals surface area contributed by atoms with Crippen molar-refractivity contribution in [3.05, 3.63) is 124 Å². The fraction of sp³-hybridized carbons (Fsp3) is 0.